The number of cyclic esters (lactones) is 1. The van der Waals surface area contributed by atoms with Crippen LogP contribution >= 0.6 is 0 Å². The minimum atomic E-state index is -0.372. The van der Waals surface area contributed by atoms with Crippen LogP contribution in [0.2, 0.25) is 0 Å². The van der Waals surface area contributed by atoms with Crippen LogP contribution in [0.4, 0.5) is 5.69 Å². The van der Waals surface area contributed by atoms with Gasteiger partial charge in [0.05, 0.1) is 5.56 Å². The van der Waals surface area contributed by atoms with E-state index in [9.17, 15) is 14.4 Å². The highest BCUT2D eigenvalue weighted by molar-refractivity contribution is 5.98. The van der Waals surface area contributed by atoms with Crippen LogP contribution in [0.25, 0.3) is 0 Å². The van der Waals surface area contributed by atoms with Crippen molar-refractivity contribution in [2.24, 2.45) is 5.92 Å². The SMILES string of the molecule is O=C1OC(c2ccccc2)Cc2cc(C(=O)N3CCC(C(=O)Nc4ccc5c(c4)OCO5)CC3)ccc21. The van der Waals surface area contributed by atoms with Crippen LogP contribution in [0.15, 0.2) is 66.7 Å². The van der Waals surface area contributed by atoms with Crippen molar-refractivity contribution >= 4 is 23.5 Å². The zero-order valence-electron chi connectivity index (χ0n) is 20.1. The van der Waals surface area contributed by atoms with Crippen LogP contribution in [-0.4, -0.2) is 42.6 Å². The van der Waals surface area contributed by atoms with Gasteiger partial charge in [-0.25, -0.2) is 4.79 Å². The molecule has 3 aromatic carbocycles. The van der Waals surface area contributed by atoms with E-state index in [4.69, 9.17) is 14.2 Å². The van der Waals surface area contributed by atoms with E-state index in [0.717, 1.165) is 11.1 Å². The minimum Gasteiger partial charge on any atom is -0.454 e. The Morgan fingerprint density at radius 2 is 1.68 bits per heavy atom. The van der Waals surface area contributed by atoms with E-state index in [0.29, 0.717) is 60.7 Å². The molecule has 1 atom stereocenters. The van der Waals surface area contributed by atoms with Gasteiger partial charge in [0, 0.05) is 42.7 Å². The van der Waals surface area contributed by atoms with Gasteiger partial charge in [-0.05, 0) is 54.3 Å². The number of ether oxygens (including phenoxy) is 3. The Balaban J connectivity index is 1.09. The quantitative estimate of drug-likeness (QED) is 0.537. The van der Waals surface area contributed by atoms with Gasteiger partial charge in [0.25, 0.3) is 5.91 Å². The molecule has 0 radical (unpaired) electrons. The van der Waals surface area contributed by atoms with E-state index >= 15 is 0 Å². The van der Waals surface area contributed by atoms with E-state index < -0.39 is 0 Å². The number of anilines is 1. The standard InChI is InChI=1S/C29H26N2O6/c32-27(30-22-7-9-24-26(16-22)36-17-35-24)19-10-12-31(13-11-19)28(33)20-6-8-23-21(14-20)15-25(37-29(23)34)18-4-2-1-3-5-18/h1-9,14,16,19,25H,10-13,15,17H2,(H,30,32). The van der Waals surface area contributed by atoms with Crippen LogP contribution in [0.5, 0.6) is 11.5 Å². The minimum absolute atomic E-state index is 0.0646. The van der Waals surface area contributed by atoms with Crippen molar-refractivity contribution in [1.29, 1.82) is 0 Å². The first-order valence-corrected chi connectivity index (χ1v) is 12.4. The fourth-order valence-electron chi connectivity index (χ4n) is 5.13. The second-order valence-electron chi connectivity index (χ2n) is 9.50. The van der Waals surface area contributed by atoms with Crippen molar-refractivity contribution < 1.29 is 28.6 Å². The van der Waals surface area contributed by atoms with Crippen LogP contribution in [0, 0.1) is 5.92 Å². The van der Waals surface area contributed by atoms with Crippen molar-refractivity contribution in [3.8, 4) is 11.5 Å². The molecule has 8 heteroatoms. The molecule has 2 amide bonds. The summed E-state index contributed by atoms with van der Waals surface area (Å²) in [6, 6.07) is 20.1. The van der Waals surface area contributed by atoms with Crippen molar-refractivity contribution in [3.63, 3.8) is 0 Å². The predicted octanol–water partition coefficient (Wildman–Crippen LogP) is 4.36. The van der Waals surface area contributed by atoms with E-state index in [1.165, 1.54) is 0 Å². The summed E-state index contributed by atoms with van der Waals surface area (Å²) in [5, 5.41) is 2.95. The zero-order chi connectivity index (χ0) is 25.4. The highest BCUT2D eigenvalue weighted by Crippen LogP contribution is 2.35. The number of nitrogens with one attached hydrogen (secondary N) is 1. The number of hydrogen-bond acceptors (Lipinski definition) is 6. The maximum absolute atomic E-state index is 13.3. The Kier molecular flexibility index (Phi) is 6.00. The summed E-state index contributed by atoms with van der Waals surface area (Å²) in [5.41, 5.74) is 3.45. The first-order chi connectivity index (χ1) is 18.0. The topological polar surface area (TPSA) is 94.2 Å². The molecule has 0 aromatic heterocycles. The van der Waals surface area contributed by atoms with Crippen LogP contribution in [0.1, 0.15) is 50.8 Å². The Labute approximate surface area is 214 Å². The van der Waals surface area contributed by atoms with E-state index in [1.54, 1.807) is 35.2 Å². The molecule has 1 fully saturated rings. The van der Waals surface area contributed by atoms with Gasteiger partial charge in [0.2, 0.25) is 12.7 Å². The van der Waals surface area contributed by atoms with Gasteiger partial charge in [-0.3, -0.25) is 9.59 Å². The summed E-state index contributed by atoms with van der Waals surface area (Å²) in [5.74, 6) is 0.576. The number of carbonyl (C=O) groups excluding carboxylic acids is 3. The van der Waals surface area contributed by atoms with Gasteiger partial charge in [0.15, 0.2) is 11.5 Å². The Hall–Kier alpha value is -4.33. The number of amides is 2. The third kappa shape index (κ3) is 4.62. The van der Waals surface area contributed by atoms with Crippen molar-refractivity contribution in [2.45, 2.75) is 25.4 Å². The van der Waals surface area contributed by atoms with Crippen molar-refractivity contribution in [3.05, 3.63) is 89.0 Å². The van der Waals surface area contributed by atoms with Gasteiger partial charge < -0.3 is 24.4 Å². The summed E-state index contributed by atoms with van der Waals surface area (Å²) in [6.45, 7) is 1.16. The molecule has 3 aromatic rings. The molecule has 3 aliphatic rings. The summed E-state index contributed by atoms with van der Waals surface area (Å²) in [7, 11) is 0. The summed E-state index contributed by atoms with van der Waals surface area (Å²) in [6.07, 6.45) is 1.31. The van der Waals surface area contributed by atoms with E-state index in [2.05, 4.69) is 5.32 Å². The van der Waals surface area contributed by atoms with Gasteiger partial charge in [-0.2, -0.15) is 0 Å². The lowest BCUT2D eigenvalue weighted by Gasteiger charge is -2.32. The summed E-state index contributed by atoms with van der Waals surface area (Å²) in [4.78, 5) is 40.5. The fraction of sp³-hybridized carbons (Fsp3) is 0.276. The Bertz CT molecular complexity index is 1360. The van der Waals surface area contributed by atoms with Gasteiger partial charge in [0.1, 0.15) is 6.10 Å². The molecule has 0 bridgehead atoms. The number of esters is 1. The lowest BCUT2D eigenvalue weighted by atomic mass is 9.92. The first-order valence-electron chi connectivity index (χ1n) is 12.4. The number of piperidine rings is 1. The normalized spacial score (nSPS) is 18.6. The average molecular weight is 499 g/mol. The van der Waals surface area contributed by atoms with E-state index in [-0.39, 0.29) is 36.6 Å². The molecule has 3 heterocycles. The number of likely N-dealkylation sites (tertiary alicyclic amines) is 1. The molecule has 0 aliphatic carbocycles. The highest BCUT2D eigenvalue weighted by Gasteiger charge is 2.31. The molecule has 0 saturated carbocycles. The van der Waals surface area contributed by atoms with Gasteiger partial charge >= 0.3 is 5.97 Å². The highest BCUT2D eigenvalue weighted by atomic mass is 16.7. The first kappa shape index (κ1) is 23.1. The fourth-order valence-corrected chi connectivity index (χ4v) is 5.13. The number of nitrogens with zero attached hydrogens (tertiary/aromatic N) is 1. The van der Waals surface area contributed by atoms with Crippen LogP contribution in [-0.2, 0) is 16.0 Å². The third-order valence-electron chi connectivity index (χ3n) is 7.19. The molecule has 1 unspecified atom stereocenters. The second kappa shape index (κ2) is 9.61. The van der Waals surface area contributed by atoms with Crippen molar-refractivity contribution in [2.75, 3.05) is 25.2 Å². The molecular weight excluding hydrogens is 472 g/mol. The van der Waals surface area contributed by atoms with Gasteiger partial charge in [-0.15, -0.1) is 0 Å². The van der Waals surface area contributed by atoms with Crippen LogP contribution in [0.3, 0.4) is 0 Å². The zero-order valence-corrected chi connectivity index (χ0v) is 20.1. The Morgan fingerprint density at radius 3 is 2.49 bits per heavy atom. The summed E-state index contributed by atoms with van der Waals surface area (Å²) < 4.78 is 16.3. The maximum Gasteiger partial charge on any atom is 0.339 e. The maximum atomic E-state index is 13.3. The third-order valence-corrected chi connectivity index (χ3v) is 7.19. The molecular formula is C29H26N2O6. The lowest BCUT2D eigenvalue weighted by molar-refractivity contribution is -0.121. The van der Waals surface area contributed by atoms with E-state index in [1.807, 2.05) is 36.4 Å². The number of fused-ring (bicyclic) bond motifs is 2. The predicted molar refractivity (Wildman–Crippen MR) is 135 cm³/mol. The van der Waals surface area contributed by atoms with Gasteiger partial charge in [-0.1, -0.05) is 30.3 Å². The molecule has 37 heavy (non-hydrogen) atoms. The molecule has 6 rings (SSSR count). The molecule has 0 spiro atoms. The average Bonchev–Trinajstić information content (AvgIpc) is 3.41. The number of rotatable bonds is 4. The largest absolute Gasteiger partial charge is 0.454 e. The van der Waals surface area contributed by atoms with Crippen molar-refractivity contribution in [1.82, 2.24) is 4.90 Å². The molecule has 8 nitrogen and oxygen atoms in total. The molecule has 1 N–H and O–H groups in total. The second-order valence-corrected chi connectivity index (χ2v) is 9.50. The summed E-state index contributed by atoms with van der Waals surface area (Å²) >= 11 is 0. The monoisotopic (exact) mass is 498 g/mol. The molecule has 188 valence electrons. The number of carbonyl (C=O) groups is 3. The number of hydrogen-bond donors (Lipinski definition) is 1. The van der Waals surface area contributed by atoms with Crippen LogP contribution < -0.4 is 14.8 Å². The molecule has 1 saturated heterocycles. The Morgan fingerprint density at radius 1 is 0.892 bits per heavy atom. The number of benzene rings is 3. The molecule has 3 aliphatic heterocycles. The smallest absolute Gasteiger partial charge is 0.339 e. The lowest BCUT2D eigenvalue weighted by Crippen LogP contribution is -2.41.